The third-order valence-corrected chi connectivity index (χ3v) is 3.78. The van der Waals surface area contributed by atoms with Crippen LogP contribution < -0.4 is 25.4 Å². The van der Waals surface area contributed by atoms with Crippen LogP contribution in [0.25, 0.3) is 0 Å². The van der Waals surface area contributed by atoms with Crippen LogP contribution >= 0.6 is 24.0 Å². The molecular formula is C20H35IN4O3. The summed E-state index contributed by atoms with van der Waals surface area (Å²) in [7, 11) is 3.37. The number of aryl methyl sites for hydroxylation is 1. The summed E-state index contributed by atoms with van der Waals surface area (Å²) in [6.07, 6.45) is 2.29. The molecule has 0 aliphatic rings. The molecule has 1 aromatic rings. The van der Waals surface area contributed by atoms with Gasteiger partial charge in [-0.1, -0.05) is 6.07 Å². The van der Waals surface area contributed by atoms with E-state index in [9.17, 15) is 4.79 Å². The highest BCUT2D eigenvalue weighted by molar-refractivity contribution is 14.0. The topological polar surface area (TPSA) is 84.0 Å². The first-order valence-electron chi connectivity index (χ1n) is 9.53. The van der Waals surface area contributed by atoms with E-state index in [4.69, 9.17) is 9.47 Å². The molecule has 1 rings (SSSR count). The molecular weight excluding hydrogens is 471 g/mol. The van der Waals surface area contributed by atoms with Gasteiger partial charge in [-0.2, -0.15) is 0 Å². The largest absolute Gasteiger partial charge is 0.493 e. The average molecular weight is 506 g/mol. The van der Waals surface area contributed by atoms with Gasteiger partial charge < -0.3 is 25.4 Å². The second kappa shape index (κ2) is 15.2. The summed E-state index contributed by atoms with van der Waals surface area (Å²) in [5.74, 6) is 2.28. The summed E-state index contributed by atoms with van der Waals surface area (Å²) < 4.78 is 10.9. The molecule has 0 saturated heterocycles. The molecule has 7 nitrogen and oxygen atoms in total. The smallest absolute Gasteiger partial charge is 0.221 e. The minimum atomic E-state index is 0. The van der Waals surface area contributed by atoms with E-state index in [1.54, 1.807) is 14.2 Å². The molecule has 28 heavy (non-hydrogen) atoms. The summed E-state index contributed by atoms with van der Waals surface area (Å²) in [5, 5.41) is 9.29. The normalized spacial score (nSPS) is 10.9. The molecule has 8 heteroatoms. The van der Waals surface area contributed by atoms with Crippen LogP contribution in [-0.2, 0) is 11.2 Å². The number of benzene rings is 1. The quantitative estimate of drug-likeness (QED) is 0.186. The van der Waals surface area contributed by atoms with Gasteiger partial charge in [0, 0.05) is 32.6 Å². The molecule has 3 N–H and O–H groups in total. The van der Waals surface area contributed by atoms with Gasteiger partial charge in [-0.15, -0.1) is 24.0 Å². The van der Waals surface area contributed by atoms with Gasteiger partial charge in [0.1, 0.15) is 0 Å². The highest BCUT2D eigenvalue weighted by Gasteiger charge is 2.06. The number of nitrogens with zero attached hydrogens (tertiary/aromatic N) is 1. The lowest BCUT2D eigenvalue weighted by Crippen LogP contribution is -2.40. The minimum absolute atomic E-state index is 0. The SMILES string of the molecule is CCOc1cc(CCCNC(=NC)NCCC(=O)NC(C)C)ccc1OC.I. The van der Waals surface area contributed by atoms with Crippen molar-refractivity contribution in [2.45, 2.75) is 46.1 Å². The second-order valence-corrected chi connectivity index (χ2v) is 6.42. The van der Waals surface area contributed by atoms with Crippen LogP contribution in [0.2, 0.25) is 0 Å². The van der Waals surface area contributed by atoms with Gasteiger partial charge >= 0.3 is 0 Å². The van der Waals surface area contributed by atoms with Crippen LogP contribution in [-0.4, -0.2) is 51.8 Å². The van der Waals surface area contributed by atoms with Crippen molar-refractivity contribution in [3.05, 3.63) is 23.8 Å². The van der Waals surface area contributed by atoms with Crippen LogP contribution in [0.3, 0.4) is 0 Å². The van der Waals surface area contributed by atoms with Crippen LogP contribution in [0.1, 0.15) is 39.2 Å². The van der Waals surface area contributed by atoms with Gasteiger partial charge in [-0.3, -0.25) is 9.79 Å². The number of guanidine groups is 1. The van der Waals surface area contributed by atoms with Crippen molar-refractivity contribution in [1.82, 2.24) is 16.0 Å². The Hall–Kier alpha value is -1.71. The van der Waals surface area contributed by atoms with Crippen LogP contribution in [0, 0.1) is 0 Å². The number of amides is 1. The van der Waals surface area contributed by atoms with E-state index >= 15 is 0 Å². The number of rotatable bonds is 11. The van der Waals surface area contributed by atoms with Gasteiger partial charge in [0.2, 0.25) is 5.91 Å². The number of aliphatic imine (C=N–C) groups is 1. The summed E-state index contributed by atoms with van der Waals surface area (Å²) in [6, 6.07) is 6.19. The van der Waals surface area contributed by atoms with Crippen molar-refractivity contribution in [1.29, 1.82) is 0 Å². The fourth-order valence-corrected chi connectivity index (χ4v) is 2.55. The standard InChI is InChI=1S/C20H34N4O3.HI/c1-6-27-18-14-16(9-10-17(18)26-5)8-7-12-22-20(21-4)23-13-11-19(25)24-15(2)3;/h9-10,14-15H,6-8,11-13H2,1-5H3,(H,24,25)(H2,21,22,23);1H. The number of carbonyl (C=O) groups is 1. The maximum atomic E-state index is 11.6. The Morgan fingerprint density at radius 1 is 1.18 bits per heavy atom. The van der Waals surface area contributed by atoms with Gasteiger partial charge in [-0.05, 0) is 51.3 Å². The molecule has 0 bridgehead atoms. The maximum absolute atomic E-state index is 11.6. The molecule has 0 heterocycles. The average Bonchev–Trinajstić information content (AvgIpc) is 2.63. The molecule has 0 aliphatic heterocycles. The fraction of sp³-hybridized carbons (Fsp3) is 0.600. The lowest BCUT2D eigenvalue weighted by molar-refractivity contribution is -0.121. The third-order valence-electron chi connectivity index (χ3n) is 3.78. The molecule has 0 saturated carbocycles. The molecule has 160 valence electrons. The molecule has 0 aromatic heterocycles. The van der Waals surface area contributed by atoms with E-state index in [1.165, 1.54) is 5.56 Å². The molecule has 1 aromatic carbocycles. The first kappa shape index (κ1) is 26.3. The van der Waals surface area contributed by atoms with Crippen molar-refractivity contribution in [2.75, 3.05) is 33.9 Å². The first-order chi connectivity index (χ1) is 13.0. The van der Waals surface area contributed by atoms with Crippen LogP contribution in [0.5, 0.6) is 11.5 Å². The Kier molecular flexibility index (Phi) is 14.3. The zero-order valence-corrected chi connectivity index (χ0v) is 20.0. The molecule has 0 unspecified atom stereocenters. The van der Waals surface area contributed by atoms with Crippen molar-refractivity contribution in [2.24, 2.45) is 4.99 Å². The summed E-state index contributed by atoms with van der Waals surface area (Å²) >= 11 is 0. The predicted molar refractivity (Wildman–Crippen MR) is 125 cm³/mol. The fourth-order valence-electron chi connectivity index (χ4n) is 2.55. The number of halogens is 1. The molecule has 0 radical (unpaired) electrons. The maximum Gasteiger partial charge on any atom is 0.221 e. The Balaban J connectivity index is 0.00000729. The summed E-state index contributed by atoms with van der Waals surface area (Å²) in [6.45, 7) is 7.81. The van der Waals surface area contributed by atoms with Crippen molar-refractivity contribution >= 4 is 35.8 Å². The molecule has 1 amide bonds. The highest BCUT2D eigenvalue weighted by atomic mass is 127. The number of hydrogen-bond acceptors (Lipinski definition) is 4. The zero-order chi connectivity index (χ0) is 20.1. The van der Waals surface area contributed by atoms with Crippen molar-refractivity contribution in [3.63, 3.8) is 0 Å². The summed E-state index contributed by atoms with van der Waals surface area (Å²) in [5.41, 5.74) is 1.20. The van der Waals surface area contributed by atoms with Crippen molar-refractivity contribution in [3.8, 4) is 11.5 Å². The molecule has 0 spiro atoms. The van der Waals surface area contributed by atoms with E-state index in [-0.39, 0.29) is 35.9 Å². The van der Waals surface area contributed by atoms with Crippen LogP contribution in [0.4, 0.5) is 0 Å². The third kappa shape index (κ3) is 10.6. The Morgan fingerprint density at radius 3 is 2.50 bits per heavy atom. The zero-order valence-electron chi connectivity index (χ0n) is 17.6. The predicted octanol–water partition coefficient (Wildman–Crippen LogP) is 2.72. The van der Waals surface area contributed by atoms with E-state index in [1.807, 2.05) is 32.9 Å². The van der Waals surface area contributed by atoms with E-state index < -0.39 is 0 Å². The van der Waals surface area contributed by atoms with Gasteiger partial charge in [0.15, 0.2) is 17.5 Å². The van der Waals surface area contributed by atoms with E-state index in [2.05, 4.69) is 27.0 Å². The molecule has 0 atom stereocenters. The molecule has 0 aliphatic carbocycles. The monoisotopic (exact) mass is 506 g/mol. The van der Waals surface area contributed by atoms with E-state index in [0.717, 1.165) is 30.9 Å². The van der Waals surface area contributed by atoms with Gasteiger partial charge in [-0.25, -0.2) is 0 Å². The van der Waals surface area contributed by atoms with Crippen molar-refractivity contribution < 1.29 is 14.3 Å². The number of hydrogen-bond donors (Lipinski definition) is 3. The van der Waals surface area contributed by atoms with Crippen LogP contribution in [0.15, 0.2) is 23.2 Å². The van der Waals surface area contributed by atoms with Gasteiger partial charge in [0.25, 0.3) is 0 Å². The number of carbonyl (C=O) groups excluding carboxylic acids is 1. The highest BCUT2D eigenvalue weighted by Crippen LogP contribution is 2.28. The Morgan fingerprint density at radius 2 is 1.89 bits per heavy atom. The van der Waals surface area contributed by atoms with Gasteiger partial charge in [0.05, 0.1) is 13.7 Å². The van der Waals surface area contributed by atoms with E-state index in [0.29, 0.717) is 25.5 Å². The number of methoxy groups -OCH3 is 1. The summed E-state index contributed by atoms with van der Waals surface area (Å²) in [4.78, 5) is 15.8. The molecule has 0 fully saturated rings. The lowest BCUT2D eigenvalue weighted by atomic mass is 10.1. The Labute approximate surface area is 186 Å². The number of ether oxygens (including phenoxy) is 2. The Bertz CT molecular complexity index is 609. The minimum Gasteiger partial charge on any atom is -0.493 e. The number of nitrogens with one attached hydrogen (secondary N) is 3. The first-order valence-corrected chi connectivity index (χ1v) is 9.53. The second-order valence-electron chi connectivity index (χ2n) is 6.42. The lowest BCUT2D eigenvalue weighted by Gasteiger charge is -2.13.